The summed E-state index contributed by atoms with van der Waals surface area (Å²) >= 11 is 7.04. The summed E-state index contributed by atoms with van der Waals surface area (Å²) in [7, 11) is 1.21. The molecule has 14 heteroatoms. The van der Waals surface area contributed by atoms with E-state index in [-0.39, 0.29) is 37.6 Å². The van der Waals surface area contributed by atoms with E-state index in [1.165, 1.54) is 7.11 Å². The third-order valence-electron chi connectivity index (χ3n) is 7.31. The lowest BCUT2D eigenvalue weighted by Crippen LogP contribution is -2.58. The highest BCUT2D eigenvalue weighted by atomic mass is 79.9. The third-order valence-corrected chi connectivity index (χ3v) is 8.49. The van der Waals surface area contributed by atoms with E-state index in [9.17, 15) is 24.3 Å². The van der Waals surface area contributed by atoms with Gasteiger partial charge in [-0.2, -0.15) is 0 Å². The number of ether oxygens (including phenoxy) is 4. The number of esters is 1. The summed E-state index contributed by atoms with van der Waals surface area (Å²) in [6.45, 7) is 6.62. The fraction of sp³-hybridized carbons (Fsp3) is 0.371. The predicted octanol–water partition coefficient (Wildman–Crippen LogP) is 5.37. The predicted molar refractivity (Wildman–Crippen MR) is 187 cm³/mol. The fourth-order valence-electron chi connectivity index (χ4n) is 5.01. The van der Waals surface area contributed by atoms with Crippen LogP contribution in [0, 0.1) is 6.92 Å². The van der Waals surface area contributed by atoms with E-state index in [0.717, 1.165) is 5.56 Å². The number of rotatable bonds is 6. The Morgan fingerprint density at radius 2 is 1.63 bits per heavy atom. The highest BCUT2D eigenvalue weighted by Crippen LogP contribution is 2.42. The molecule has 3 unspecified atom stereocenters. The Morgan fingerprint density at radius 3 is 2.27 bits per heavy atom. The molecule has 49 heavy (non-hydrogen) atoms. The number of aryl methyl sites for hydroxylation is 1. The first kappa shape index (κ1) is 37.7. The molecule has 3 amide bonds. The molecule has 0 saturated heterocycles. The van der Waals surface area contributed by atoms with Gasteiger partial charge in [0.05, 0.1) is 29.3 Å². The molecular formula is C35H39Br2N3O9. The van der Waals surface area contributed by atoms with Gasteiger partial charge in [-0.15, -0.1) is 0 Å². The molecule has 0 radical (unpaired) electrons. The molecule has 0 aliphatic carbocycles. The van der Waals surface area contributed by atoms with Gasteiger partial charge in [-0.1, -0.05) is 36.4 Å². The summed E-state index contributed by atoms with van der Waals surface area (Å²) in [6, 6.07) is 12.2. The van der Waals surface area contributed by atoms with Crippen molar-refractivity contribution >= 4 is 55.7 Å². The van der Waals surface area contributed by atoms with Crippen LogP contribution in [0.1, 0.15) is 43.0 Å². The van der Waals surface area contributed by atoms with Crippen LogP contribution in [0.5, 0.6) is 17.2 Å². The van der Waals surface area contributed by atoms with E-state index in [0.29, 0.717) is 31.4 Å². The molecule has 4 N–H and O–H groups in total. The normalized spacial score (nSPS) is 18.4. The second-order valence-electron chi connectivity index (χ2n) is 12.5. The minimum absolute atomic E-state index is 0.0180. The van der Waals surface area contributed by atoms with E-state index < -0.39 is 47.6 Å². The van der Waals surface area contributed by atoms with Gasteiger partial charge in [0.2, 0.25) is 11.8 Å². The standard InChI is InChI=1S/C35H39Br2N3O9/c1-19-11-21-14-25(40-34(45)49-35(2,3)4)31(42)39-27(18-47-17-20-9-7-6-8-10-20)32(43)38-26(33(44)46-5)15-22-12-23(36)30(24(37)13-22)48-28(16-21)29(19)41/h6-13,16,25-27,41H,14-15,17-18H2,1-5H3,(H,38,43)(H,39,42)(H,40,45). The van der Waals surface area contributed by atoms with Gasteiger partial charge in [0.25, 0.3) is 0 Å². The molecule has 0 saturated carbocycles. The maximum atomic E-state index is 13.9. The minimum Gasteiger partial charge on any atom is -0.504 e. The Kier molecular flexibility index (Phi) is 12.7. The first-order valence-electron chi connectivity index (χ1n) is 15.4. The van der Waals surface area contributed by atoms with Crippen LogP contribution in [0.4, 0.5) is 4.79 Å². The zero-order valence-corrected chi connectivity index (χ0v) is 30.9. The number of alkyl carbamates (subject to hydrolysis) is 1. The fourth-order valence-corrected chi connectivity index (χ4v) is 6.46. The van der Waals surface area contributed by atoms with Crippen molar-refractivity contribution in [3.8, 4) is 17.2 Å². The number of hydrogen-bond donors (Lipinski definition) is 4. The van der Waals surface area contributed by atoms with Crippen molar-refractivity contribution < 1.29 is 43.2 Å². The van der Waals surface area contributed by atoms with Crippen molar-refractivity contribution in [3.63, 3.8) is 0 Å². The minimum atomic E-state index is -1.29. The van der Waals surface area contributed by atoms with Crippen LogP contribution in [-0.2, 0) is 48.0 Å². The maximum Gasteiger partial charge on any atom is 0.408 e. The van der Waals surface area contributed by atoms with Gasteiger partial charge in [-0.3, -0.25) is 9.59 Å². The summed E-state index contributed by atoms with van der Waals surface area (Å²) < 4.78 is 23.4. The third kappa shape index (κ3) is 10.7. The molecule has 3 aromatic carbocycles. The highest BCUT2D eigenvalue weighted by Gasteiger charge is 2.32. The Labute approximate surface area is 301 Å². The number of phenolic OH excluding ortho intramolecular Hbond substituents is 1. The molecule has 5 rings (SSSR count). The molecule has 0 spiro atoms. The Bertz CT molecular complexity index is 1670. The van der Waals surface area contributed by atoms with Crippen LogP contribution in [0.3, 0.4) is 0 Å². The molecule has 3 aromatic rings. The lowest BCUT2D eigenvalue weighted by molar-refractivity contribution is -0.145. The van der Waals surface area contributed by atoms with Crippen LogP contribution in [-0.4, -0.2) is 66.4 Å². The van der Waals surface area contributed by atoms with Gasteiger partial charge in [-0.05, 0) is 100 Å². The van der Waals surface area contributed by atoms with Crippen LogP contribution >= 0.6 is 31.9 Å². The van der Waals surface area contributed by atoms with E-state index in [1.807, 2.05) is 30.3 Å². The number of methoxy groups -OCH3 is 1. The summed E-state index contributed by atoms with van der Waals surface area (Å²) in [4.78, 5) is 53.6. The van der Waals surface area contributed by atoms with Gasteiger partial charge < -0.3 is 40.0 Å². The SMILES string of the molecule is COC(=O)C1Cc2cc(Br)c(c(Br)c2)Oc2cc(cc(C)c2O)CC(NC(=O)OC(C)(C)C)C(=O)NC(COCc2ccccc2)C(=O)N1. The number of halogens is 2. The average Bonchev–Trinajstić information content (AvgIpc) is 3.02. The molecule has 0 aromatic heterocycles. The van der Waals surface area contributed by atoms with Crippen LogP contribution in [0.15, 0.2) is 63.5 Å². The van der Waals surface area contributed by atoms with Crippen molar-refractivity contribution in [2.24, 2.45) is 0 Å². The molecular weight excluding hydrogens is 766 g/mol. The van der Waals surface area contributed by atoms with Gasteiger partial charge in [0, 0.05) is 12.8 Å². The Morgan fingerprint density at radius 1 is 0.980 bits per heavy atom. The van der Waals surface area contributed by atoms with Crippen molar-refractivity contribution in [2.45, 2.75) is 70.9 Å². The van der Waals surface area contributed by atoms with Gasteiger partial charge in [-0.25, -0.2) is 9.59 Å². The number of fused-ring (bicyclic) bond motifs is 10. The summed E-state index contributed by atoms with van der Waals surface area (Å²) in [5.74, 6) is -1.84. The topological polar surface area (TPSA) is 162 Å². The monoisotopic (exact) mass is 803 g/mol. The van der Waals surface area contributed by atoms with Crippen molar-refractivity contribution in [3.05, 3.63) is 85.8 Å². The highest BCUT2D eigenvalue weighted by molar-refractivity contribution is 9.11. The van der Waals surface area contributed by atoms with Gasteiger partial charge in [0.15, 0.2) is 17.2 Å². The summed E-state index contributed by atoms with van der Waals surface area (Å²) in [5.41, 5.74) is 1.60. The Hall–Kier alpha value is -4.14. The van der Waals surface area contributed by atoms with E-state index in [2.05, 4.69) is 47.8 Å². The first-order chi connectivity index (χ1) is 23.1. The number of hydrogen-bond acceptors (Lipinski definition) is 9. The van der Waals surface area contributed by atoms with E-state index in [4.69, 9.17) is 18.9 Å². The maximum absolute atomic E-state index is 13.9. The average molecular weight is 806 g/mol. The molecule has 0 fully saturated rings. The van der Waals surface area contributed by atoms with Crippen molar-refractivity contribution in [1.29, 1.82) is 0 Å². The van der Waals surface area contributed by atoms with Crippen LogP contribution < -0.4 is 20.7 Å². The van der Waals surface area contributed by atoms with Crippen molar-refractivity contribution in [1.82, 2.24) is 16.0 Å². The molecule has 2 heterocycles. The van der Waals surface area contributed by atoms with Gasteiger partial charge in [0.1, 0.15) is 23.7 Å². The lowest BCUT2D eigenvalue weighted by atomic mass is 10.0. The molecule has 4 bridgehead atoms. The van der Waals surface area contributed by atoms with Crippen LogP contribution in [0.25, 0.3) is 0 Å². The second kappa shape index (κ2) is 16.5. The first-order valence-corrected chi connectivity index (χ1v) is 17.0. The smallest absolute Gasteiger partial charge is 0.408 e. The number of aromatic hydroxyl groups is 1. The van der Waals surface area contributed by atoms with Crippen LogP contribution in [0.2, 0.25) is 0 Å². The second-order valence-corrected chi connectivity index (χ2v) is 14.2. The number of carbonyl (C=O) groups is 4. The molecule has 262 valence electrons. The van der Waals surface area contributed by atoms with E-state index >= 15 is 0 Å². The number of benzene rings is 3. The quantitative estimate of drug-likeness (QED) is 0.240. The number of amides is 3. The Balaban J connectivity index is 1.78. The largest absolute Gasteiger partial charge is 0.504 e. The zero-order valence-electron chi connectivity index (χ0n) is 27.7. The summed E-state index contributed by atoms with van der Waals surface area (Å²) in [5, 5.41) is 18.9. The molecule has 3 atom stereocenters. The van der Waals surface area contributed by atoms with Gasteiger partial charge >= 0.3 is 12.1 Å². The number of nitrogens with one attached hydrogen (secondary N) is 3. The molecule has 2 aliphatic heterocycles. The molecule has 2 aliphatic rings. The molecule has 12 nitrogen and oxygen atoms in total. The number of phenols is 1. The van der Waals surface area contributed by atoms with Crippen molar-refractivity contribution in [2.75, 3.05) is 13.7 Å². The summed E-state index contributed by atoms with van der Waals surface area (Å²) in [6.07, 6.45) is -0.914. The zero-order chi connectivity index (χ0) is 35.9. The number of carbonyl (C=O) groups excluding carboxylic acids is 4. The van der Waals surface area contributed by atoms with E-state index in [1.54, 1.807) is 52.0 Å². The lowest BCUT2D eigenvalue weighted by Gasteiger charge is -2.26.